The van der Waals surface area contributed by atoms with Crippen molar-refractivity contribution >= 4 is 11.6 Å². The Morgan fingerprint density at radius 3 is 2.41 bits per heavy atom. The van der Waals surface area contributed by atoms with Crippen molar-refractivity contribution in [2.24, 2.45) is 11.8 Å². The highest BCUT2D eigenvalue weighted by molar-refractivity contribution is 5.80. The first-order chi connectivity index (χ1) is 22.4. The third-order valence-corrected chi connectivity index (χ3v) is 9.89. The molecule has 4 aromatic rings. The summed E-state index contributed by atoms with van der Waals surface area (Å²) in [7, 11) is 2.17. The first-order valence-electron chi connectivity index (χ1n) is 16.7. The van der Waals surface area contributed by atoms with Crippen molar-refractivity contribution in [3.05, 3.63) is 115 Å². The number of rotatable bonds is 10. The van der Waals surface area contributed by atoms with E-state index in [-0.39, 0.29) is 17.7 Å². The lowest BCUT2D eigenvalue weighted by Crippen LogP contribution is -2.40. The van der Waals surface area contributed by atoms with E-state index >= 15 is 0 Å². The first kappa shape index (κ1) is 31.5. The summed E-state index contributed by atoms with van der Waals surface area (Å²) in [6.45, 7) is 10.2. The van der Waals surface area contributed by atoms with Crippen LogP contribution < -0.4 is 10.6 Å². The maximum atomic E-state index is 13.4. The van der Waals surface area contributed by atoms with E-state index in [0.29, 0.717) is 18.5 Å². The molecule has 3 heterocycles. The minimum absolute atomic E-state index is 0.0666. The number of hydrogen-bond donors (Lipinski definition) is 3. The number of aromatic nitrogens is 3. The molecule has 7 nitrogen and oxygen atoms in total. The van der Waals surface area contributed by atoms with E-state index in [0.717, 1.165) is 77.4 Å². The molecule has 1 amide bonds. The minimum atomic E-state index is -0.116. The molecule has 1 saturated carbocycles. The van der Waals surface area contributed by atoms with Crippen molar-refractivity contribution in [2.75, 3.05) is 13.6 Å². The van der Waals surface area contributed by atoms with Gasteiger partial charge < -0.3 is 15.6 Å². The maximum Gasteiger partial charge on any atom is 0.224 e. The van der Waals surface area contributed by atoms with Gasteiger partial charge in [-0.05, 0) is 86.0 Å². The smallest absolute Gasteiger partial charge is 0.224 e. The van der Waals surface area contributed by atoms with Crippen molar-refractivity contribution < 1.29 is 4.79 Å². The fraction of sp³-hybridized carbons (Fsp3) is 0.359. The average Bonchev–Trinajstić information content (AvgIpc) is 3.76. The van der Waals surface area contributed by atoms with Gasteiger partial charge in [-0.3, -0.25) is 14.7 Å². The monoisotopic (exact) mass is 614 g/mol. The predicted octanol–water partition coefficient (Wildman–Crippen LogP) is 7.53. The van der Waals surface area contributed by atoms with Crippen LogP contribution in [-0.2, 0) is 11.3 Å². The van der Waals surface area contributed by atoms with E-state index in [4.69, 9.17) is 4.98 Å². The van der Waals surface area contributed by atoms with Crippen LogP contribution in [0.2, 0.25) is 0 Å². The molecule has 2 aromatic carbocycles. The largest absolute Gasteiger partial charge is 0.358 e. The Hall–Kier alpha value is -4.49. The third kappa shape index (κ3) is 7.00. The highest BCUT2D eigenvalue weighted by Gasteiger charge is 2.38. The molecule has 0 radical (unpaired) electrons. The zero-order valence-electron chi connectivity index (χ0n) is 27.3. The number of amides is 1. The normalized spacial score (nSPS) is 22.0. The van der Waals surface area contributed by atoms with Crippen molar-refractivity contribution in [3.8, 4) is 22.4 Å². The second-order valence-corrected chi connectivity index (χ2v) is 12.9. The van der Waals surface area contributed by atoms with Crippen molar-refractivity contribution in [2.45, 2.75) is 64.5 Å². The SMILES string of the molecule is C=C(N/C(=C\C)c1ccc(-c2ccc(-c3cnc([C@@H]4CCC[C@H](C)C4C(=O)NCc4cccnc4)[nH]3)cc2)cc1)C1CCCN1C. The molecule has 46 heavy (non-hydrogen) atoms. The van der Waals surface area contributed by atoms with E-state index < -0.39 is 0 Å². The summed E-state index contributed by atoms with van der Waals surface area (Å²) < 4.78 is 0. The molecular weight excluding hydrogens is 568 g/mol. The first-order valence-corrected chi connectivity index (χ1v) is 16.7. The second-order valence-electron chi connectivity index (χ2n) is 12.9. The summed E-state index contributed by atoms with van der Waals surface area (Å²) in [5, 5.41) is 6.74. The van der Waals surface area contributed by atoms with Gasteiger partial charge in [0.2, 0.25) is 5.91 Å². The quantitative estimate of drug-likeness (QED) is 0.172. The lowest BCUT2D eigenvalue weighted by Gasteiger charge is -2.34. The Morgan fingerprint density at radius 2 is 1.74 bits per heavy atom. The minimum Gasteiger partial charge on any atom is -0.358 e. The molecule has 2 fully saturated rings. The van der Waals surface area contributed by atoms with Gasteiger partial charge >= 0.3 is 0 Å². The summed E-state index contributed by atoms with van der Waals surface area (Å²) in [6, 6.07) is 21.6. The number of hydrogen-bond acceptors (Lipinski definition) is 5. The Bertz CT molecular complexity index is 1660. The fourth-order valence-electron chi connectivity index (χ4n) is 7.25. The lowest BCUT2D eigenvalue weighted by atomic mass is 9.72. The molecule has 1 aliphatic carbocycles. The van der Waals surface area contributed by atoms with Gasteiger partial charge in [-0.25, -0.2) is 4.98 Å². The van der Waals surface area contributed by atoms with E-state index in [1.165, 1.54) is 12.0 Å². The second kappa shape index (κ2) is 14.3. The van der Waals surface area contributed by atoms with Crippen LogP contribution in [0.25, 0.3) is 28.1 Å². The zero-order valence-corrected chi connectivity index (χ0v) is 27.3. The van der Waals surface area contributed by atoms with Crippen LogP contribution in [0.4, 0.5) is 0 Å². The molecule has 0 spiro atoms. The number of nitrogens with zero attached hydrogens (tertiary/aromatic N) is 3. The number of likely N-dealkylation sites (N-methyl/N-ethyl adjacent to an activating group) is 1. The van der Waals surface area contributed by atoms with Gasteiger partial charge in [0.25, 0.3) is 0 Å². The Balaban J connectivity index is 1.11. The molecule has 2 aromatic heterocycles. The molecule has 4 atom stereocenters. The number of benzene rings is 2. The van der Waals surface area contributed by atoms with Crippen LogP contribution in [-0.4, -0.2) is 45.4 Å². The number of nitrogens with one attached hydrogen (secondary N) is 3. The summed E-state index contributed by atoms with van der Waals surface area (Å²) >= 11 is 0. The van der Waals surface area contributed by atoms with Crippen molar-refractivity contribution in [1.29, 1.82) is 0 Å². The Labute approximate surface area is 273 Å². The molecule has 6 rings (SSSR count). The number of imidazole rings is 1. The molecule has 1 aliphatic heterocycles. The average molecular weight is 615 g/mol. The highest BCUT2D eigenvalue weighted by Crippen LogP contribution is 2.41. The van der Waals surface area contributed by atoms with E-state index in [9.17, 15) is 4.79 Å². The topological polar surface area (TPSA) is 85.9 Å². The molecule has 2 aliphatic rings. The van der Waals surface area contributed by atoms with Gasteiger partial charge in [0.1, 0.15) is 5.82 Å². The van der Waals surface area contributed by atoms with Crippen molar-refractivity contribution in [1.82, 2.24) is 30.5 Å². The number of aromatic amines is 1. The van der Waals surface area contributed by atoms with Crippen LogP contribution in [0, 0.1) is 11.8 Å². The number of carbonyl (C=O) groups is 1. The summed E-state index contributed by atoms with van der Waals surface area (Å²) in [5.74, 6) is 1.24. The van der Waals surface area contributed by atoms with E-state index in [1.807, 2.05) is 18.3 Å². The number of H-pyrrole nitrogens is 1. The van der Waals surface area contributed by atoms with Crippen LogP contribution in [0.15, 0.2) is 97.6 Å². The third-order valence-electron chi connectivity index (χ3n) is 9.89. The van der Waals surface area contributed by atoms with E-state index in [1.54, 1.807) is 12.4 Å². The summed E-state index contributed by atoms with van der Waals surface area (Å²) in [4.78, 5) is 28.3. The number of allylic oxidation sites excluding steroid dienone is 1. The maximum absolute atomic E-state index is 13.4. The Morgan fingerprint density at radius 1 is 1.00 bits per heavy atom. The van der Waals surface area contributed by atoms with Gasteiger partial charge in [0.05, 0.1) is 17.8 Å². The van der Waals surface area contributed by atoms with Gasteiger partial charge in [-0.1, -0.05) is 80.6 Å². The number of pyridine rings is 1. The lowest BCUT2D eigenvalue weighted by molar-refractivity contribution is -0.128. The molecule has 2 unspecified atom stereocenters. The van der Waals surface area contributed by atoms with Crippen LogP contribution in [0.3, 0.4) is 0 Å². The number of likely N-dealkylation sites (tertiary alicyclic amines) is 1. The summed E-state index contributed by atoms with van der Waals surface area (Å²) in [5.41, 5.74) is 8.68. The Kier molecular flexibility index (Phi) is 9.79. The predicted molar refractivity (Wildman–Crippen MR) is 186 cm³/mol. The standard InChI is InChI=1S/C39H46N6O/c1-5-34(43-27(3)36-12-8-22-45(36)4)31-17-13-29(14-18-31)30-15-19-32(20-16-30)35-25-41-38(44-35)33-11-6-9-26(2)37(33)39(46)42-24-28-10-7-21-40-23-28/h5,7,10,13-21,23,25-26,33,36-37,43H,3,6,8-9,11-12,22,24H2,1-2,4H3,(H,41,44)(H,42,46)/b34-5-/t26-,33+,36?,37?/m0/s1. The van der Waals surface area contributed by atoms with Gasteiger partial charge in [0.15, 0.2) is 0 Å². The molecule has 3 N–H and O–H groups in total. The molecule has 0 bridgehead atoms. The van der Waals surface area contributed by atoms with Gasteiger partial charge in [-0.15, -0.1) is 0 Å². The van der Waals surface area contributed by atoms with Crippen molar-refractivity contribution in [3.63, 3.8) is 0 Å². The summed E-state index contributed by atoms with van der Waals surface area (Å²) in [6.07, 6.45) is 13.0. The zero-order chi connectivity index (χ0) is 32.0. The molecule has 7 heteroatoms. The van der Waals surface area contributed by atoms with Gasteiger partial charge in [-0.2, -0.15) is 0 Å². The van der Waals surface area contributed by atoms with Crippen LogP contribution in [0.5, 0.6) is 0 Å². The van der Waals surface area contributed by atoms with Crippen LogP contribution in [0.1, 0.15) is 68.8 Å². The van der Waals surface area contributed by atoms with E-state index in [2.05, 4.69) is 108 Å². The molecule has 1 saturated heterocycles. The van der Waals surface area contributed by atoms with Crippen LogP contribution >= 0.6 is 0 Å². The van der Waals surface area contributed by atoms with Gasteiger partial charge in [0, 0.05) is 42.3 Å². The fourth-order valence-corrected chi connectivity index (χ4v) is 7.25. The number of carbonyl (C=O) groups excluding carboxylic acids is 1. The molecule has 238 valence electrons. The highest BCUT2D eigenvalue weighted by atomic mass is 16.1. The molecular formula is C39H46N6O.